The van der Waals surface area contributed by atoms with Gasteiger partial charge in [-0.25, -0.2) is 0 Å². The molecule has 1 aromatic heterocycles. The maximum atomic E-state index is 11.2. The highest BCUT2D eigenvalue weighted by Gasteiger charge is 2.03. The van der Waals surface area contributed by atoms with Crippen LogP contribution in [0.3, 0.4) is 0 Å². The van der Waals surface area contributed by atoms with Gasteiger partial charge in [0.1, 0.15) is 0 Å². The van der Waals surface area contributed by atoms with Crippen LogP contribution >= 0.6 is 0 Å². The van der Waals surface area contributed by atoms with Crippen molar-refractivity contribution >= 4 is 5.91 Å². The van der Waals surface area contributed by atoms with Crippen LogP contribution < -0.4 is 5.32 Å². The van der Waals surface area contributed by atoms with Crippen LogP contribution in [0.2, 0.25) is 0 Å². The second-order valence-electron chi connectivity index (χ2n) is 2.56. The number of aromatic nitrogens is 1. The number of carbonyl (C=O) groups is 1. The fourth-order valence-corrected chi connectivity index (χ4v) is 0.905. The third-order valence-electron chi connectivity index (χ3n) is 1.50. The van der Waals surface area contributed by atoms with Crippen LogP contribution in [0.25, 0.3) is 0 Å². The Morgan fingerprint density at radius 2 is 2.58 bits per heavy atom. The van der Waals surface area contributed by atoms with E-state index in [1.165, 1.54) is 0 Å². The van der Waals surface area contributed by atoms with Crippen molar-refractivity contribution in [2.45, 2.75) is 0 Å². The van der Waals surface area contributed by atoms with E-state index in [1.807, 2.05) is 17.8 Å². The van der Waals surface area contributed by atoms with Crippen LogP contribution in [0, 0.1) is 0 Å². The van der Waals surface area contributed by atoms with Crippen LogP contribution in [0.15, 0.2) is 31.1 Å². The molecule has 0 radical (unpaired) electrons. The Labute approximate surface area is 71.7 Å². The lowest BCUT2D eigenvalue weighted by Crippen LogP contribution is -2.22. The Bertz CT molecular complexity index is 288. The summed E-state index contributed by atoms with van der Waals surface area (Å²) < 4.78 is 1.84. The summed E-state index contributed by atoms with van der Waals surface area (Å²) >= 11 is 0. The third kappa shape index (κ3) is 1.99. The lowest BCUT2D eigenvalue weighted by Gasteiger charge is -1.97. The fraction of sp³-hybridized carbons (Fsp3) is 0.222. The van der Waals surface area contributed by atoms with Crippen molar-refractivity contribution in [3.05, 3.63) is 36.7 Å². The molecule has 0 fully saturated rings. The Balaban J connectivity index is 2.59. The highest BCUT2D eigenvalue weighted by molar-refractivity contribution is 5.94. The molecule has 12 heavy (non-hydrogen) atoms. The number of carbonyl (C=O) groups excluding carboxylic acids is 1. The van der Waals surface area contributed by atoms with Crippen molar-refractivity contribution in [1.82, 2.24) is 9.88 Å². The lowest BCUT2D eigenvalue weighted by atomic mass is 10.3. The molecule has 3 heteroatoms. The number of rotatable bonds is 3. The van der Waals surface area contributed by atoms with E-state index in [-0.39, 0.29) is 5.91 Å². The van der Waals surface area contributed by atoms with Crippen LogP contribution in [0.1, 0.15) is 10.4 Å². The first-order chi connectivity index (χ1) is 5.74. The molecule has 1 heterocycles. The van der Waals surface area contributed by atoms with Crippen LogP contribution in [0.4, 0.5) is 0 Å². The highest BCUT2D eigenvalue weighted by atomic mass is 16.1. The predicted molar refractivity (Wildman–Crippen MR) is 47.9 cm³/mol. The average molecular weight is 164 g/mol. The Morgan fingerprint density at radius 1 is 1.83 bits per heavy atom. The Hall–Kier alpha value is -1.51. The summed E-state index contributed by atoms with van der Waals surface area (Å²) in [5, 5.41) is 2.69. The number of amides is 1. The SMILES string of the molecule is C=CCNC(=O)c1ccn(C)c1. The Morgan fingerprint density at radius 3 is 3.08 bits per heavy atom. The van der Waals surface area contributed by atoms with Gasteiger partial charge in [-0.3, -0.25) is 4.79 Å². The molecular formula is C9H12N2O. The normalized spacial score (nSPS) is 9.42. The van der Waals surface area contributed by atoms with Crippen molar-refractivity contribution in [3.63, 3.8) is 0 Å². The minimum absolute atomic E-state index is 0.0597. The van der Waals surface area contributed by atoms with Crippen molar-refractivity contribution < 1.29 is 4.79 Å². The molecule has 1 amide bonds. The van der Waals surface area contributed by atoms with Crippen molar-refractivity contribution in [2.24, 2.45) is 7.05 Å². The quantitative estimate of drug-likeness (QED) is 0.663. The zero-order valence-corrected chi connectivity index (χ0v) is 7.08. The maximum absolute atomic E-state index is 11.2. The molecule has 1 rings (SSSR count). The number of hydrogen-bond donors (Lipinski definition) is 1. The molecule has 0 aliphatic heterocycles. The van der Waals surface area contributed by atoms with Gasteiger partial charge >= 0.3 is 0 Å². The molecule has 0 aromatic carbocycles. The molecule has 64 valence electrons. The monoisotopic (exact) mass is 164 g/mol. The van der Waals surface area contributed by atoms with E-state index in [9.17, 15) is 4.79 Å². The number of nitrogens with one attached hydrogen (secondary N) is 1. The van der Waals surface area contributed by atoms with Gasteiger partial charge in [0.15, 0.2) is 0 Å². The molecule has 0 bridgehead atoms. The second kappa shape index (κ2) is 3.76. The van der Waals surface area contributed by atoms with Gasteiger partial charge in [-0.2, -0.15) is 0 Å². The van der Waals surface area contributed by atoms with Gasteiger partial charge in [-0.15, -0.1) is 6.58 Å². The summed E-state index contributed by atoms with van der Waals surface area (Å²) in [6.07, 6.45) is 5.27. The molecule has 0 unspecified atom stereocenters. The van der Waals surface area contributed by atoms with Crippen molar-refractivity contribution in [3.8, 4) is 0 Å². The zero-order valence-electron chi connectivity index (χ0n) is 7.08. The number of hydrogen-bond acceptors (Lipinski definition) is 1. The molecular weight excluding hydrogens is 152 g/mol. The molecule has 0 aliphatic rings. The summed E-state index contributed by atoms with van der Waals surface area (Å²) in [6.45, 7) is 4.02. The summed E-state index contributed by atoms with van der Waals surface area (Å²) in [7, 11) is 1.88. The maximum Gasteiger partial charge on any atom is 0.253 e. The van der Waals surface area contributed by atoms with E-state index in [4.69, 9.17) is 0 Å². The first kappa shape index (κ1) is 8.59. The summed E-state index contributed by atoms with van der Waals surface area (Å²) in [6, 6.07) is 1.78. The molecule has 0 aliphatic carbocycles. The van der Waals surface area contributed by atoms with E-state index >= 15 is 0 Å². The van der Waals surface area contributed by atoms with Crippen LogP contribution in [0.5, 0.6) is 0 Å². The predicted octanol–water partition coefficient (Wildman–Crippen LogP) is 0.941. The topological polar surface area (TPSA) is 34.0 Å². The molecule has 1 N–H and O–H groups in total. The first-order valence-electron chi connectivity index (χ1n) is 3.75. The van der Waals surface area contributed by atoms with Gasteiger partial charge in [0, 0.05) is 26.0 Å². The summed E-state index contributed by atoms with van der Waals surface area (Å²) in [5.41, 5.74) is 0.680. The molecule has 3 nitrogen and oxygen atoms in total. The van der Waals surface area contributed by atoms with E-state index in [0.29, 0.717) is 12.1 Å². The molecule has 0 saturated heterocycles. The summed E-state index contributed by atoms with van der Waals surface area (Å²) in [4.78, 5) is 11.2. The van der Waals surface area contributed by atoms with E-state index in [2.05, 4.69) is 11.9 Å². The van der Waals surface area contributed by atoms with Crippen LogP contribution in [-0.2, 0) is 7.05 Å². The standard InChI is InChI=1S/C9H12N2O/c1-3-5-10-9(12)8-4-6-11(2)7-8/h3-4,6-7H,1,5H2,2H3,(H,10,12). The molecule has 0 atom stereocenters. The average Bonchev–Trinajstić information content (AvgIpc) is 2.47. The lowest BCUT2D eigenvalue weighted by molar-refractivity contribution is 0.0958. The largest absolute Gasteiger partial charge is 0.356 e. The van der Waals surface area contributed by atoms with Gasteiger partial charge in [-0.05, 0) is 6.07 Å². The van der Waals surface area contributed by atoms with Gasteiger partial charge in [0.05, 0.1) is 5.56 Å². The summed E-state index contributed by atoms with van der Waals surface area (Å²) in [5.74, 6) is -0.0597. The third-order valence-corrected chi connectivity index (χ3v) is 1.50. The van der Waals surface area contributed by atoms with Crippen LogP contribution in [-0.4, -0.2) is 17.0 Å². The minimum atomic E-state index is -0.0597. The minimum Gasteiger partial charge on any atom is -0.356 e. The number of aryl methyl sites for hydroxylation is 1. The van der Waals surface area contributed by atoms with E-state index < -0.39 is 0 Å². The van der Waals surface area contributed by atoms with Gasteiger partial charge in [0.25, 0.3) is 5.91 Å². The first-order valence-corrected chi connectivity index (χ1v) is 3.75. The van der Waals surface area contributed by atoms with Gasteiger partial charge < -0.3 is 9.88 Å². The van der Waals surface area contributed by atoms with E-state index in [0.717, 1.165) is 0 Å². The Kier molecular flexibility index (Phi) is 2.69. The van der Waals surface area contributed by atoms with Crippen molar-refractivity contribution in [2.75, 3.05) is 6.54 Å². The number of nitrogens with zero attached hydrogens (tertiary/aromatic N) is 1. The molecule has 1 aromatic rings. The van der Waals surface area contributed by atoms with E-state index in [1.54, 1.807) is 18.3 Å². The van der Waals surface area contributed by atoms with Gasteiger partial charge in [0.2, 0.25) is 0 Å². The van der Waals surface area contributed by atoms with Crippen molar-refractivity contribution in [1.29, 1.82) is 0 Å². The molecule has 0 spiro atoms. The zero-order chi connectivity index (χ0) is 8.97. The highest BCUT2D eigenvalue weighted by Crippen LogP contribution is 1.98. The second-order valence-corrected chi connectivity index (χ2v) is 2.56. The fourth-order valence-electron chi connectivity index (χ4n) is 0.905. The smallest absolute Gasteiger partial charge is 0.253 e. The molecule has 0 saturated carbocycles. The van der Waals surface area contributed by atoms with Gasteiger partial charge in [-0.1, -0.05) is 6.08 Å².